The van der Waals surface area contributed by atoms with E-state index in [1.54, 1.807) is 6.07 Å². The molecule has 0 spiro atoms. The van der Waals surface area contributed by atoms with Crippen molar-refractivity contribution in [2.75, 3.05) is 45.9 Å². The first-order valence-electron chi connectivity index (χ1n) is 8.56. The Balaban J connectivity index is 1.79. The van der Waals surface area contributed by atoms with E-state index in [1.165, 1.54) is 5.57 Å². The van der Waals surface area contributed by atoms with Crippen molar-refractivity contribution in [1.82, 2.24) is 9.80 Å². The summed E-state index contributed by atoms with van der Waals surface area (Å²) in [7, 11) is 0. The lowest BCUT2D eigenvalue weighted by Gasteiger charge is -2.52. The summed E-state index contributed by atoms with van der Waals surface area (Å²) in [6, 6.07) is 3.69. The van der Waals surface area contributed by atoms with Crippen LogP contribution in [0.4, 0.5) is 0 Å². The lowest BCUT2D eigenvalue weighted by atomic mass is 9.87. The van der Waals surface area contributed by atoms with Crippen LogP contribution in [-0.2, 0) is 4.74 Å². The number of halogens is 2. The zero-order valence-corrected chi connectivity index (χ0v) is 15.4. The third-order valence-electron chi connectivity index (χ3n) is 5.27. The van der Waals surface area contributed by atoms with E-state index in [2.05, 4.69) is 22.8 Å². The van der Waals surface area contributed by atoms with Gasteiger partial charge in [-0.2, -0.15) is 0 Å². The fourth-order valence-electron chi connectivity index (χ4n) is 3.96. The molecule has 3 aliphatic rings. The lowest BCUT2D eigenvalue weighted by Crippen LogP contribution is -2.63. The van der Waals surface area contributed by atoms with Gasteiger partial charge in [-0.15, -0.1) is 0 Å². The fourth-order valence-corrected chi connectivity index (χ4v) is 4.51. The minimum Gasteiger partial charge on any atom is -0.466 e. The van der Waals surface area contributed by atoms with Crippen LogP contribution in [0.1, 0.15) is 18.9 Å². The van der Waals surface area contributed by atoms with Gasteiger partial charge < -0.3 is 9.47 Å². The van der Waals surface area contributed by atoms with Gasteiger partial charge in [-0.1, -0.05) is 30.1 Å². The van der Waals surface area contributed by atoms with Crippen LogP contribution in [0.15, 0.2) is 17.7 Å². The summed E-state index contributed by atoms with van der Waals surface area (Å²) < 4.78 is 12.2. The van der Waals surface area contributed by atoms with Crippen LogP contribution in [0, 0.1) is 0 Å². The molecule has 0 radical (unpaired) electrons. The van der Waals surface area contributed by atoms with Gasteiger partial charge in [0, 0.05) is 48.8 Å². The Morgan fingerprint density at radius 3 is 2.71 bits per heavy atom. The monoisotopic (exact) mass is 368 g/mol. The van der Waals surface area contributed by atoms with Gasteiger partial charge >= 0.3 is 0 Å². The first kappa shape index (κ1) is 16.7. The zero-order valence-electron chi connectivity index (χ0n) is 13.9. The van der Waals surface area contributed by atoms with Crippen LogP contribution in [0.2, 0.25) is 10.0 Å². The highest BCUT2D eigenvalue weighted by atomic mass is 35.5. The lowest BCUT2D eigenvalue weighted by molar-refractivity contribution is -0.119. The second-order valence-electron chi connectivity index (χ2n) is 6.58. The third-order valence-corrected chi connectivity index (χ3v) is 5.77. The molecule has 0 saturated carbocycles. The number of fused-ring (bicyclic) bond motifs is 2. The average Bonchev–Trinajstić information content (AvgIpc) is 2.60. The average molecular weight is 369 g/mol. The number of rotatable bonds is 2. The number of hydrogen-bond donors (Lipinski definition) is 0. The molecule has 1 atom stereocenters. The minimum atomic E-state index is -0.403. The van der Waals surface area contributed by atoms with E-state index in [1.807, 2.05) is 6.07 Å². The maximum Gasteiger partial charge on any atom is 0.188 e. The second-order valence-corrected chi connectivity index (χ2v) is 7.42. The highest BCUT2D eigenvalue weighted by molar-refractivity contribution is 6.36. The van der Waals surface area contributed by atoms with E-state index in [4.69, 9.17) is 32.7 Å². The Labute approximate surface area is 152 Å². The Morgan fingerprint density at radius 1 is 1.17 bits per heavy atom. The summed E-state index contributed by atoms with van der Waals surface area (Å²) in [5.74, 6) is 0.751. The molecule has 1 aromatic carbocycles. The number of benzene rings is 1. The molecule has 2 fully saturated rings. The molecule has 0 amide bonds. The van der Waals surface area contributed by atoms with Crippen molar-refractivity contribution in [1.29, 1.82) is 0 Å². The smallest absolute Gasteiger partial charge is 0.188 e. The number of likely N-dealkylation sites (tertiary alicyclic amines) is 1. The minimum absolute atomic E-state index is 0.403. The highest BCUT2D eigenvalue weighted by Crippen LogP contribution is 2.46. The van der Waals surface area contributed by atoms with E-state index in [0.29, 0.717) is 10.0 Å². The van der Waals surface area contributed by atoms with E-state index in [0.717, 1.165) is 63.7 Å². The van der Waals surface area contributed by atoms with Crippen LogP contribution in [0.25, 0.3) is 6.08 Å². The van der Waals surface area contributed by atoms with Crippen LogP contribution < -0.4 is 4.74 Å². The summed E-state index contributed by atoms with van der Waals surface area (Å²) in [5, 5.41) is 1.22. The molecule has 1 unspecified atom stereocenters. The van der Waals surface area contributed by atoms with Crippen molar-refractivity contribution < 1.29 is 9.47 Å². The second kappa shape index (κ2) is 6.50. The quantitative estimate of drug-likeness (QED) is 0.797. The van der Waals surface area contributed by atoms with Gasteiger partial charge in [0.15, 0.2) is 5.72 Å². The van der Waals surface area contributed by atoms with E-state index in [-0.39, 0.29) is 0 Å². The molecule has 3 heterocycles. The molecule has 130 valence electrons. The topological polar surface area (TPSA) is 24.9 Å². The summed E-state index contributed by atoms with van der Waals surface area (Å²) in [6.45, 7) is 8.43. The number of morpholine rings is 1. The normalized spacial score (nSPS) is 27.9. The van der Waals surface area contributed by atoms with Gasteiger partial charge in [0.1, 0.15) is 5.75 Å². The van der Waals surface area contributed by atoms with Crippen molar-refractivity contribution in [3.05, 3.63) is 33.3 Å². The van der Waals surface area contributed by atoms with Crippen LogP contribution in [0.5, 0.6) is 5.75 Å². The van der Waals surface area contributed by atoms with Crippen molar-refractivity contribution in [2.24, 2.45) is 0 Å². The van der Waals surface area contributed by atoms with Crippen molar-refractivity contribution in [3.63, 3.8) is 0 Å². The Kier molecular flexibility index (Phi) is 4.52. The van der Waals surface area contributed by atoms with E-state index >= 15 is 0 Å². The molecule has 2 saturated heterocycles. The van der Waals surface area contributed by atoms with Gasteiger partial charge in [0.2, 0.25) is 0 Å². The van der Waals surface area contributed by atoms with Crippen molar-refractivity contribution >= 4 is 29.3 Å². The number of piperidine rings is 1. The molecular weight excluding hydrogens is 347 g/mol. The largest absolute Gasteiger partial charge is 0.466 e. The van der Waals surface area contributed by atoms with Crippen LogP contribution in [-0.4, -0.2) is 61.5 Å². The maximum atomic E-state index is 6.63. The standard InChI is InChI=1S/C18H22Cl2N2O2/c1-2-21-4-3-18(22-5-7-23-8-6-22)14(12-21)9-13-10-15(19)11-16(20)17(13)24-18/h9-11H,2-8,12H2,1H3. The zero-order chi connectivity index (χ0) is 16.7. The van der Waals surface area contributed by atoms with Gasteiger partial charge in [-0.25, -0.2) is 0 Å². The van der Waals surface area contributed by atoms with E-state index in [9.17, 15) is 0 Å². The SMILES string of the molecule is CCN1CCC2(N3CCOCC3)Oc3c(Cl)cc(Cl)cc3C=C2C1. The van der Waals surface area contributed by atoms with Gasteiger partial charge in [0.05, 0.1) is 18.2 Å². The predicted molar refractivity (Wildman–Crippen MR) is 96.9 cm³/mol. The Morgan fingerprint density at radius 2 is 1.96 bits per heavy atom. The maximum absolute atomic E-state index is 6.63. The summed E-state index contributed by atoms with van der Waals surface area (Å²) in [6.07, 6.45) is 3.17. The molecular formula is C18H22Cl2N2O2. The first-order chi connectivity index (χ1) is 11.6. The van der Waals surface area contributed by atoms with Crippen LogP contribution in [0.3, 0.4) is 0 Å². The fraction of sp³-hybridized carbons (Fsp3) is 0.556. The molecule has 4 nitrogen and oxygen atoms in total. The van der Waals surface area contributed by atoms with E-state index < -0.39 is 5.72 Å². The number of hydrogen-bond acceptors (Lipinski definition) is 4. The molecule has 0 N–H and O–H groups in total. The molecule has 1 aromatic rings. The molecule has 3 aliphatic heterocycles. The molecule has 0 aliphatic carbocycles. The highest BCUT2D eigenvalue weighted by Gasteiger charge is 2.48. The molecule has 6 heteroatoms. The molecule has 4 rings (SSSR count). The van der Waals surface area contributed by atoms with Crippen molar-refractivity contribution in [2.45, 2.75) is 19.1 Å². The van der Waals surface area contributed by atoms with Gasteiger partial charge in [0.25, 0.3) is 0 Å². The number of nitrogens with zero attached hydrogens (tertiary/aromatic N) is 2. The Hall–Kier alpha value is -0.780. The summed E-state index contributed by atoms with van der Waals surface area (Å²) in [5.41, 5.74) is 1.87. The van der Waals surface area contributed by atoms with Gasteiger partial charge in [-0.05, 0) is 24.8 Å². The van der Waals surface area contributed by atoms with Crippen molar-refractivity contribution in [3.8, 4) is 5.75 Å². The molecule has 0 aromatic heterocycles. The van der Waals surface area contributed by atoms with Crippen LogP contribution >= 0.6 is 23.2 Å². The third kappa shape index (κ3) is 2.74. The van der Waals surface area contributed by atoms with Gasteiger partial charge in [-0.3, -0.25) is 9.80 Å². The molecule has 24 heavy (non-hydrogen) atoms. The Bertz CT molecular complexity index is 673. The predicted octanol–water partition coefficient (Wildman–Crippen LogP) is 3.52. The first-order valence-corrected chi connectivity index (χ1v) is 9.32. The number of likely N-dealkylation sites (N-methyl/N-ethyl adjacent to an activating group) is 1. The summed E-state index contributed by atoms with van der Waals surface area (Å²) in [4.78, 5) is 4.87. The summed E-state index contributed by atoms with van der Waals surface area (Å²) >= 11 is 12.6. The molecule has 0 bridgehead atoms. The number of ether oxygens (including phenoxy) is 2.